The maximum atomic E-state index is 12.6. The number of carbonyl (C=O) groups excluding carboxylic acids is 1. The lowest BCUT2D eigenvalue weighted by Crippen LogP contribution is -2.28. The molecule has 0 aliphatic carbocycles. The molecule has 0 saturated carbocycles. The standard InChI is InChI=1S/C13H18FN3O/c14-12-5-4-11(10-16-12)13(18)15-6-3-9-17-7-1-2-8-17/h4-5,10H,1-3,6-9H2,(H,15,18). The summed E-state index contributed by atoms with van der Waals surface area (Å²) in [6, 6.07) is 2.64. The van der Waals surface area contributed by atoms with Gasteiger partial charge in [-0.1, -0.05) is 0 Å². The number of aromatic nitrogens is 1. The summed E-state index contributed by atoms with van der Waals surface area (Å²) in [6.45, 7) is 4.03. The Labute approximate surface area is 106 Å². The van der Waals surface area contributed by atoms with E-state index in [-0.39, 0.29) is 5.91 Å². The zero-order valence-corrected chi connectivity index (χ0v) is 10.4. The van der Waals surface area contributed by atoms with Crippen molar-refractivity contribution in [2.45, 2.75) is 19.3 Å². The van der Waals surface area contributed by atoms with Crippen LogP contribution in [0.25, 0.3) is 0 Å². The maximum absolute atomic E-state index is 12.6. The zero-order chi connectivity index (χ0) is 12.8. The molecule has 98 valence electrons. The van der Waals surface area contributed by atoms with E-state index in [1.165, 1.54) is 44.3 Å². The van der Waals surface area contributed by atoms with Crippen LogP contribution < -0.4 is 5.32 Å². The Kier molecular flexibility index (Phi) is 4.64. The molecule has 0 spiro atoms. The molecule has 2 heterocycles. The molecule has 1 N–H and O–H groups in total. The van der Waals surface area contributed by atoms with Crippen molar-refractivity contribution in [1.29, 1.82) is 0 Å². The van der Waals surface area contributed by atoms with Crippen molar-refractivity contribution in [2.24, 2.45) is 0 Å². The lowest BCUT2D eigenvalue weighted by Gasteiger charge is -2.14. The van der Waals surface area contributed by atoms with Crippen molar-refractivity contribution < 1.29 is 9.18 Å². The minimum Gasteiger partial charge on any atom is -0.352 e. The molecule has 1 fully saturated rings. The van der Waals surface area contributed by atoms with E-state index in [0.717, 1.165) is 13.0 Å². The van der Waals surface area contributed by atoms with E-state index in [4.69, 9.17) is 0 Å². The van der Waals surface area contributed by atoms with Gasteiger partial charge in [0.2, 0.25) is 5.95 Å². The largest absolute Gasteiger partial charge is 0.352 e. The lowest BCUT2D eigenvalue weighted by atomic mass is 10.2. The fourth-order valence-electron chi connectivity index (χ4n) is 2.12. The summed E-state index contributed by atoms with van der Waals surface area (Å²) in [5, 5.41) is 2.81. The number of carbonyl (C=O) groups is 1. The van der Waals surface area contributed by atoms with Crippen LogP contribution in [0.3, 0.4) is 0 Å². The number of hydrogen-bond acceptors (Lipinski definition) is 3. The fourth-order valence-corrected chi connectivity index (χ4v) is 2.12. The highest BCUT2D eigenvalue weighted by atomic mass is 19.1. The van der Waals surface area contributed by atoms with Gasteiger partial charge in [-0.25, -0.2) is 4.98 Å². The third kappa shape index (κ3) is 3.77. The van der Waals surface area contributed by atoms with Crippen molar-refractivity contribution >= 4 is 5.91 Å². The van der Waals surface area contributed by atoms with E-state index >= 15 is 0 Å². The molecule has 0 atom stereocenters. The van der Waals surface area contributed by atoms with Crippen LogP contribution in [0.1, 0.15) is 29.6 Å². The van der Waals surface area contributed by atoms with E-state index in [2.05, 4.69) is 15.2 Å². The summed E-state index contributed by atoms with van der Waals surface area (Å²) in [5.74, 6) is -0.760. The molecule has 0 aromatic carbocycles. The second-order valence-corrected chi connectivity index (χ2v) is 4.53. The molecule has 1 aliphatic rings. The highest BCUT2D eigenvalue weighted by molar-refractivity contribution is 5.93. The van der Waals surface area contributed by atoms with Crippen molar-refractivity contribution in [1.82, 2.24) is 15.2 Å². The molecule has 0 radical (unpaired) electrons. The van der Waals surface area contributed by atoms with E-state index in [0.29, 0.717) is 12.1 Å². The summed E-state index contributed by atoms with van der Waals surface area (Å²) in [5.41, 5.74) is 0.401. The third-order valence-electron chi connectivity index (χ3n) is 3.12. The molecular weight excluding hydrogens is 233 g/mol. The normalized spacial score (nSPS) is 15.8. The van der Waals surface area contributed by atoms with E-state index in [1.54, 1.807) is 0 Å². The summed E-state index contributed by atoms with van der Waals surface area (Å²) in [7, 11) is 0. The van der Waals surface area contributed by atoms with Crippen LogP contribution in [0.2, 0.25) is 0 Å². The number of likely N-dealkylation sites (tertiary alicyclic amines) is 1. The van der Waals surface area contributed by atoms with Crippen LogP contribution in [0.15, 0.2) is 18.3 Å². The third-order valence-corrected chi connectivity index (χ3v) is 3.12. The molecule has 18 heavy (non-hydrogen) atoms. The average Bonchev–Trinajstić information content (AvgIpc) is 2.88. The number of rotatable bonds is 5. The Hall–Kier alpha value is -1.49. The molecule has 1 amide bonds. The molecule has 1 saturated heterocycles. The first kappa shape index (κ1) is 13.0. The molecule has 4 nitrogen and oxygen atoms in total. The molecule has 0 bridgehead atoms. The Bertz CT molecular complexity index is 388. The second-order valence-electron chi connectivity index (χ2n) is 4.53. The summed E-state index contributed by atoms with van der Waals surface area (Å²) in [4.78, 5) is 17.5. The molecule has 1 aromatic heterocycles. The van der Waals surface area contributed by atoms with Gasteiger partial charge in [0.15, 0.2) is 0 Å². The van der Waals surface area contributed by atoms with Gasteiger partial charge in [-0.05, 0) is 51.0 Å². The fraction of sp³-hybridized carbons (Fsp3) is 0.538. The first-order chi connectivity index (χ1) is 8.75. The first-order valence-electron chi connectivity index (χ1n) is 6.38. The number of pyridine rings is 1. The summed E-state index contributed by atoms with van der Waals surface area (Å²) >= 11 is 0. The van der Waals surface area contributed by atoms with Gasteiger partial charge in [0.25, 0.3) is 5.91 Å². The Balaban J connectivity index is 1.66. The monoisotopic (exact) mass is 251 g/mol. The van der Waals surface area contributed by atoms with Crippen LogP contribution in [-0.4, -0.2) is 42.0 Å². The van der Waals surface area contributed by atoms with Crippen LogP contribution in [0.4, 0.5) is 4.39 Å². The highest BCUT2D eigenvalue weighted by Gasteiger charge is 2.11. The average molecular weight is 251 g/mol. The summed E-state index contributed by atoms with van der Waals surface area (Å²) in [6.07, 6.45) is 4.77. The molecule has 1 aliphatic heterocycles. The number of halogens is 1. The Morgan fingerprint density at radius 3 is 2.83 bits per heavy atom. The minimum absolute atomic E-state index is 0.191. The van der Waals surface area contributed by atoms with Crippen LogP contribution in [-0.2, 0) is 0 Å². The minimum atomic E-state index is -0.569. The first-order valence-corrected chi connectivity index (χ1v) is 6.38. The highest BCUT2D eigenvalue weighted by Crippen LogP contribution is 2.07. The van der Waals surface area contributed by atoms with Gasteiger partial charge in [-0.3, -0.25) is 4.79 Å². The zero-order valence-electron chi connectivity index (χ0n) is 10.4. The molecule has 0 unspecified atom stereocenters. The maximum Gasteiger partial charge on any atom is 0.252 e. The van der Waals surface area contributed by atoms with Gasteiger partial charge in [-0.15, -0.1) is 0 Å². The molecular formula is C13H18FN3O. The van der Waals surface area contributed by atoms with Gasteiger partial charge >= 0.3 is 0 Å². The smallest absolute Gasteiger partial charge is 0.252 e. The van der Waals surface area contributed by atoms with Crippen molar-refractivity contribution in [2.75, 3.05) is 26.2 Å². The topological polar surface area (TPSA) is 45.2 Å². The number of nitrogens with one attached hydrogen (secondary N) is 1. The predicted molar refractivity (Wildman–Crippen MR) is 66.8 cm³/mol. The van der Waals surface area contributed by atoms with Crippen LogP contribution in [0, 0.1) is 5.95 Å². The summed E-state index contributed by atoms with van der Waals surface area (Å²) < 4.78 is 12.6. The number of amides is 1. The van der Waals surface area contributed by atoms with E-state index in [9.17, 15) is 9.18 Å². The van der Waals surface area contributed by atoms with Gasteiger partial charge in [0.05, 0.1) is 5.56 Å². The van der Waals surface area contributed by atoms with Gasteiger partial charge < -0.3 is 10.2 Å². The predicted octanol–water partition coefficient (Wildman–Crippen LogP) is 1.44. The number of nitrogens with zero attached hydrogens (tertiary/aromatic N) is 2. The van der Waals surface area contributed by atoms with Crippen molar-refractivity contribution in [3.05, 3.63) is 29.8 Å². The van der Waals surface area contributed by atoms with Crippen LogP contribution >= 0.6 is 0 Å². The SMILES string of the molecule is O=C(NCCCN1CCCC1)c1ccc(F)nc1. The Morgan fingerprint density at radius 2 is 2.17 bits per heavy atom. The van der Waals surface area contributed by atoms with Crippen LogP contribution in [0.5, 0.6) is 0 Å². The van der Waals surface area contributed by atoms with Crippen molar-refractivity contribution in [3.63, 3.8) is 0 Å². The molecule has 1 aromatic rings. The quantitative estimate of drug-likeness (QED) is 0.636. The van der Waals surface area contributed by atoms with E-state index < -0.39 is 5.95 Å². The van der Waals surface area contributed by atoms with Gasteiger partial charge in [-0.2, -0.15) is 4.39 Å². The van der Waals surface area contributed by atoms with E-state index in [1.807, 2.05) is 0 Å². The molecule has 2 rings (SSSR count). The second kappa shape index (κ2) is 6.44. The lowest BCUT2D eigenvalue weighted by molar-refractivity contribution is 0.0951. The molecule has 5 heteroatoms. The Morgan fingerprint density at radius 1 is 1.39 bits per heavy atom. The number of hydrogen-bond donors (Lipinski definition) is 1. The van der Waals surface area contributed by atoms with Crippen molar-refractivity contribution in [3.8, 4) is 0 Å². The van der Waals surface area contributed by atoms with Gasteiger partial charge in [0.1, 0.15) is 0 Å². The van der Waals surface area contributed by atoms with Gasteiger partial charge in [0, 0.05) is 12.7 Å².